The molecule has 1 fully saturated rings. The zero-order valence-corrected chi connectivity index (χ0v) is 12.0. The fraction of sp³-hybridized carbons (Fsp3) is 0.857. The van der Waals surface area contributed by atoms with Crippen molar-refractivity contribution in [3.05, 3.63) is 0 Å². The molecule has 1 aliphatic rings. The van der Waals surface area contributed by atoms with E-state index >= 15 is 0 Å². The van der Waals surface area contributed by atoms with E-state index in [4.69, 9.17) is 5.11 Å². The lowest BCUT2D eigenvalue weighted by Gasteiger charge is -2.37. The van der Waals surface area contributed by atoms with Crippen LogP contribution in [0.25, 0.3) is 0 Å². The van der Waals surface area contributed by atoms with E-state index in [0.717, 1.165) is 12.8 Å². The Kier molecular flexibility index (Phi) is 6.28. The Morgan fingerprint density at radius 3 is 2.42 bits per heavy atom. The van der Waals surface area contributed by atoms with Crippen molar-refractivity contribution in [3.63, 3.8) is 0 Å². The topological polar surface area (TPSA) is 78.4 Å². The van der Waals surface area contributed by atoms with Gasteiger partial charge in [-0.25, -0.2) is 0 Å². The number of nitrogens with one attached hydrogen (secondary N) is 2. The van der Waals surface area contributed by atoms with Gasteiger partial charge in [0.1, 0.15) is 0 Å². The van der Waals surface area contributed by atoms with Crippen molar-refractivity contribution in [3.8, 4) is 0 Å². The minimum Gasteiger partial charge on any atom is -0.481 e. The van der Waals surface area contributed by atoms with E-state index in [2.05, 4.69) is 10.6 Å². The molecule has 0 aromatic rings. The molecule has 1 saturated carbocycles. The van der Waals surface area contributed by atoms with Gasteiger partial charge in [0.05, 0.1) is 0 Å². The summed E-state index contributed by atoms with van der Waals surface area (Å²) in [5.41, 5.74) is -0.0607. The third-order valence-corrected chi connectivity index (χ3v) is 4.04. The third kappa shape index (κ3) is 5.59. The van der Waals surface area contributed by atoms with Gasteiger partial charge in [-0.05, 0) is 33.2 Å². The number of carbonyl (C=O) groups is 2. The second kappa shape index (κ2) is 7.48. The molecule has 1 rings (SSSR count). The van der Waals surface area contributed by atoms with Crippen LogP contribution in [0.2, 0.25) is 0 Å². The maximum atomic E-state index is 12.0. The normalized spacial score (nSPS) is 19.7. The second-order valence-corrected chi connectivity index (χ2v) is 5.67. The smallest absolute Gasteiger partial charge is 0.303 e. The molecule has 5 heteroatoms. The molecule has 19 heavy (non-hydrogen) atoms. The van der Waals surface area contributed by atoms with Crippen molar-refractivity contribution in [2.24, 2.45) is 0 Å². The maximum absolute atomic E-state index is 12.0. The van der Waals surface area contributed by atoms with Gasteiger partial charge < -0.3 is 15.7 Å². The molecule has 0 aromatic heterocycles. The summed E-state index contributed by atoms with van der Waals surface area (Å²) in [4.78, 5) is 22.5. The van der Waals surface area contributed by atoms with Crippen LogP contribution < -0.4 is 10.6 Å². The second-order valence-electron chi connectivity index (χ2n) is 5.67. The lowest BCUT2D eigenvalue weighted by molar-refractivity contribution is -0.137. The van der Waals surface area contributed by atoms with Crippen molar-refractivity contribution < 1.29 is 14.7 Å². The highest BCUT2D eigenvalue weighted by atomic mass is 16.4. The SMILES string of the molecule is CNC1(CC(=O)NC(C)CCC(=O)O)CCCCC1. The van der Waals surface area contributed by atoms with Gasteiger partial charge in [-0.15, -0.1) is 0 Å². The van der Waals surface area contributed by atoms with Gasteiger partial charge in [-0.3, -0.25) is 9.59 Å². The summed E-state index contributed by atoms with van der Waals surface area (Å²) < 4.78 is 0. The number of hydrogen-bond acceptors (Lipinski definition) is 3. The monoisotopic (exact) mass is 270 g/mol. The van der Waals surface area contributed by atoms with Gasteiger partial charge >= 0.3 is 5.97 Å². The first-order chi connectivity index (χ1) is 8.97. The molecular weight excluding hydrogens is 244 g/mol. The summed E-state index contributed by atoms with van der Waals surface area (Å²) in [5, 5.41) is 14.8. The molecule has 0 aliphatic heterocycles. The summed E-state index contributed by atoms with van der Waals surface area (Å²) in [6, 6.07) is -0.0823. The zero-order chi connectivity index (χ0) is 14.3. The average molecular weight is 270 g/mol. The molecule has 1 amide bonds. The Hall–Kier alpha value is -1.10. The Morgan fingerprint density at radius 2 is 1.89 bits per heavy atom. The predicted molar refractivity (Wildman–Crippen MR) is 74.0 cm³/mol. The van der Waals surface area contributed by atoms with Crippen molar-refractivity contribution >= 4 is 11.9 Å². The Bertz CT molecular complexity index is 312. The van der Waals surface area contributed by atoms with Crippen molar-refractivity contribution in [1.82, 2.24) is 10.6 Å². The highest BCUT2D eigenvalue weighted by Gasteiger charge is 2.32. The molecule has 110 valence electrons. The number of carboxylic acids is 1. The fourth-order valence-corrected chi connectivity index (χ4v) is 2.79. The Balaban J connectivity index is 2.38. The molecular formula is C14H26N2O3. The van der Waals surface area contributed by atoms with Crippen LogP contribution >= 0.6 is 0 Å². The Morgan fingerprint density at radius 1 is 1.26 bits per heavy atom. The van der Waals surface area contributed by atoms with Crippen molar-refractivity contribution in [2.45, 2.75) is 69.9 Å². The highest BCUT2D eigenvalue weighted by molar-refractivity contribution is 5.77. The molecule has 0 radical (unpaired) electrons. The highest BCUT2D eigenvalue weighted by Crippen LogP contribution is 2.30. The van der Waals surface area contributed by atoms with Gasteiger partial charge in [-0.2, -0.15) is 0 Å². The number of hydrogen-bond donors (Lipinski definition) is 3. The van der Waals surface area contributed by atoms with Crippen LogP contribution in [0.5, 0.6) is 0 Å². The lowest BCUT2D eigenvalue weighted by Crippen LogP contribution is -2.49. The summed E-state index contributed by atoms with van der Waals surface area (Å²) in [6.45, 7) is 1.85. The van der Waals surface area contributed by atoms with Crippen molar-refractivity contribution in [2.75, 3.05) is 7.05 Å². The van der Waals surface area contributed by atoms with Crippen LogP contribution in [0.4, 0.5) is 0 Å². The third-order valence-electron chi connectivity index (χ3n) is 4.04. The van der Waals surface area contributed by atoms with Gasteiger partial charge in [0.2, 0.25) is 5.91 Å². The van der Waals surface area contributed by atoms with E-state index < -0.39 is 5.97 Å². The van der Waals surface area contributed by atoms with Crippen molar-refractivity contribution in [1.29, 1.82) is 0 Å². The van der Waals surface area contributed by atoms with Crippen LogP contribution in [0, 0.1) is 0 Å². The van der Waals surface area contributed by atoms with E-state index in [0.29, 0.717) is 12.8 Å². The van der Waals surface area contributed by atoms with Crippen LogP contribution in [0.1, 0.15) is 58.3 Å². The van der Waals surface area contributed by atoms with E-state index in [9.17, 15) is 9.59 Å². The van der Waals surface area contributed by atoms with Crippen LogP contribution in [0.15, 0.2) is 0 Å². The lowest BCUT2D eigenvalue weighted by atomic mass is 9.79. The average Bonchev–Trinajstić information content (AvgIpc) is 2.37. The molecule has 0 saturated heterocycles. The summed E-state index contributed by atoms with van der Waals surface area (Å²) in [7, 11) is 1.92. The first kappa shape index (κ1) is 16.0. The van der Waals surface area contributed by atoms with E-state index in [1.807, 2.05) is 14.0 Å². The number of carbonyl (C=O) groups excluding carboxylic acids is 1. The van der Waals surface area contributed by atoms with Crippen LogP contribution in [-0.2, 0) is 9.59 Å². The largest absolute Gasteiger partial charge is 0.481 e. The summed E-state index contributed by atoms with van der Waals surface area (Å²) >= 11 is 0. The van der Waals surface area contributed by atoms with Gasteiger partial charge in [0.25, 0.3) is 0 Å². The summed E-state index contributed by atoms with van der Waals surface area (Å²) in [5.74, 6) is -0.797. The van der Waals surface area contributed by atoms with E-state index in [1.165, 1.54) is 19.3 Å². The summed E-state index contributed by atoms with van der Waals surface area (Å²) in [6.07, 6.45) is 6.74. The first-order valence-corrected chi connectivity index (χ1v) is 7.17. The number of amides is 1. The molecule has 3 N–H and O–H groups in total. The molecule has 0 aromatic carbocycles. The van der Waals surface area contributed by atoms with Crippen LogP contribution in [0.3, 0.4) is 0 Å². The molecule has 1 atom stereocenters. The molecule has 1 unspecified atom stereocenters. The zero-order valence-electron chi connectivity index (χ0n) is 12.0. The predicted octanol–water partition coefficient (Wildman–Crippen LogP) is 1.67. The maximum Gasteiger partial charge on any atom is 0.303 e. The van der Waals surface area contributed by atoms with E-state index in [1.54, 1.807) is 0 Å². The molecule has 0 bridgehead atoms. The minimum absolute atomic E-state index is 0.0224. The number of aliphatic carboxylic acids is 1. The van der Waals surface area contributed by atoms with Crippen LogP contribution in [-0.4, -0.2) is 35.6 Å². The molecule has 0 spiro atoms. The Labute approximate surface area is 115 Å². The standard InChI is InChI=1S/C14H26N2O3/c1-11(6-7-13(18)19)16-12(17)10-14(15-2)8-4-3-5-9-14/h11,15H,3-10H2,1-2H3,(H,16,17)(H,18,19). The van der Waals surface area contributed by atoms with Gasteiger partial charge in [0.15, 0.2) is 0 Å². The fourth-order valence-electron chi connectivity index (χ4n) is 2.79. The molecule has 5 nitrogen and oxygen atoms in total. The van der Waals surface area contributed by atoms with Gasteiger partial charge in [0, 0.05) is 24.4 Å². The molecule has 0 heterocycles. The van der Waals surface area contributed by atoms with Gasteiger partial charge in [-0.1, -0.05) is 19.3 Å². The molecule has 1 aliphatic carbocycles. The minimum atomic E-state index is -0.819. The quantitative estimate of drug-likeness (QED) is 0.657. The first-order valence-electron chi connectivity index (χ1n) is 7.17. The number of rotatable bonds is 7. The number of carboxylic acid groups (broad SMARTS) is 1. The van der Waals surface area contributed by atoms with E-state index in [-0.39, 0.29) is 23.9 Å².